The van der Waals surface area contributed by atoms with Crippen molar-refractivity contribution in [1.82, 2.24) is 14.9 Å². The van der Waals surface area contributed by atoms with E-state index in [2.05, 4.69) is 9.97 Å². The van der Waals surface area contributed by atoms with E-state index < -0.39 is 5.82 Å². The standard InChI is InChI=1S/C10H13FN4O/c1-8-6-14(2-3-15(8)7-16)10-12-4-9(11)5-13-10/h4-5,7-8H,2-3,6H2,1H3. The Morgan fingerprint density at radius 1 is 1.44 bits per heavy atom. The molecule has 1 aromatic heterocycles. The molecule has 0 N–H and O–H groups in total. The third kappa shape index (κ3) is 2.10. The van der Waals surface area contributed by atoms with E-state index in [-0.39, 0.29) is 6.04 Å². The molecule has 1 aliphatic heterocycles. The van der Waals surface area contributed by atoms with Gasteiger partial charge in [-0.25, -0.2) is 14.4 Å². The summed E-state index contributed by atoms with van der Waals surface area (Å²) >= 11 is 0. The molecule has 0 bridgehead atoms. The van der Waals surface area contributed by atoms with Crippen molar-refractivity contribution in [3.63, 3.8) is 0 Å². The number of hydrogen-bond acceptors (Lipinski definition) is 4. The number of carbonyl (C=O) groups excluding carboxylic acids is 1. The van der Waals surface area contributed by atoms with Crippen LogP contribution in [-0.2, 0) is 4.79 Å². The number of nitrogens with zero attached hydrogens (tertiary/aromatic N) is 4. The average molecular weight is 224 g/mol. The Morgan fingerprint density at radius 2 is 2.12 bits per heavy atom. The van der Waals surface area contributed by atoms with Gasteiger partial charge >= 0.3 is 0 Å². The summed E-state index contributed by atoms with van der Waals surface area (Å²) in [5, 5.41) is 0. The van der Waals surface area contributed by atoms with Crippen molar-refractivity contribution in [3.8, 4) is 0 Å². The SMILES string of the molecule is CC1CN(c2ncc(F)cn2)CCN1C=O. The molecule has 0 saturated carbocycles. The van der Waals surface area contributed by atoms with Crippen molar-refractivity contribution in [3.05, 3.63) is 18.2 Å². The van der Waals surface area contributed by atoms with Gasteiger partial charge in [-0.05, 0) is 6.92 Å². The third-order valence-electron chi connectivity index (χ3n) is 2.70. The highest BCUT2D eigenvalue weighted by molar-refractivity contribution is 5.49. The predicted molar refractivity (Wildman–Crippen MR) is 56.4 cm³/mol. The molecule has 5 nitrogen and oxygen atoms in total. The first-order valence-corrected chi connectivity index (χ1v) is 5.14. The van der Waals surface area contributed by atoms with Crippen molar-refractivity contribution >= 4 is 12.4 Å². The molecular formula is C10H13FN4O. The van der Waals surface area contributed by atoms with E-state index in [1.165, 1.54) is 0 Å². The molecule has 0 aromatic carbocycles. The Kier molecular flexibility index (Phi) is 2.98. The second-order valence-electron chi connectivity index (χ2n) is 3.84. The molecule has 1 atom stereocenters. The van der Waals surface area contributed by atoms with Crippen molar-refractivity contribution < 1.29 is 9.18 Å². The number of hydrogen-bond donors (Lipinski definition) is 0. The molecule has 0 spiro atoms. The van der Waals surface area contributed by atoms with Crippen molar-refractivity contribution in [2.24, 2.45) is 0 Å². The van der Waals surface area contributed by atoms with Crippen LogP contribution < -0.4 is 4.90 Å². The van der Waals surface area contributed by atoms with Crippen LogP contribution in [0, 0.1) is 5.82 Å². The summed E-state index contributed by atoms with van der Waals surface area (Å²) in [7, 11) is 0. The van der Waals surface area contributed by atoms with Crippen LogP contribution in [0.1, 0.15) is 6.92 Å². The molecule has 1 unspecified atom stereocenters. The summed E-state index contributed by atoms with van der Waals surface area (Å²) in [5.41, 5.74) is 0. The largest absolute Gasteiger partial charge is 0.339 e. The van der Waals surface area contributed by atoms with E-state index in [0.29, 0.717) is 25.6 Å². The maximum atomic E-state index is 12.6. The van der Waals surface area contributed by atoms with Crippen molar-refractivity contribution in [2.45, 2.75) is 13.0 Å². The zero-order chi connectivity index (χ0) is 11.5. The van der Waals surface area contributed by atoms with Crippen LogP contribution in [0.2, 0.25) is 0 Å². The van der Waals surface area contributed by atoms with Crippen LogP contribution in [0.25, 0.3) is 0 Å². The highest BCUT2D eigenvalue weighted by atomic mass is 19.1. The molecule has 1 saturated heterocycles. The fourth-order valence-corrected chi connectivity index (χ4v) is 1.78. The van der Waals surface area contributed by atoms with Gasteiger partial charge in [-0.3, -0.25) is 4.79 Å². The van der Waals surface area contributed by atoms with Crippen molar-refractivity contribution in [2.75, 3.05) is 24.5 Å². The van der Waals surface area contributed by atoms with E-state index >= 15 is 0 Å². The maximum Gasteiger partial charge on any atom is 0.225 e. The van der Waals surface area contributed by atoms with Gasteiger partial charge in [-0.2, -0.15) is 0 Å². The smallest absolute Gasteiger partial charge is 0.225 e. The van der Waals surface area contributed by atoms with Gasteiger partial charge in [0.1, 0.15) is 0 Å². The lowest BCUT2D eigenvalue weighted by Gasteiger charge is -2.37. The number of piperazine rings is 1. The minimum Gasteiger partial charge on any atom is -0.339 e. The number of aromatic nitrogens is 2. The topological polar surface area (TPSA) is 49.3 Å². The van der Waals surface area contributed by atoms with E-state index in [1.54, 1.807) is 4.90 Å². The minimum atomic E-state index is -0.441. The van der Waals surface area contributed by atoms with Crippen LogP contribution in [0.15, 0.2) is 12.4 Å². The number of carbonyl (C=O) groups is 1. The summed E-state index contributed by atoms with van der Waals surface area (Å²) in [6, 6.07) is 0.125. The van der Waals surface area contributed by atoms with E-state index in [9.17, 15) is 9.18 Å². The van der Waals surface area contributed by atoms with Crippen LogP contribution in [0.5, 0.6) is 0 Å². The van der Waals surface area contributed by atoms with Crippen molar-refractivity contribution in [1.29, 1.82) is 0 Å². The first-order chi connectivity index (χ1) is 7.70. The Balaban J connectivity index is 2.07. The van der Waals surface area contributed by atoms with Gasteiger partial charge in [0.15, 0.2) is 5.82 Å². The molecule has 2 rings (SSSR count). The molecule has 6 heteroatoms. The predicted octanol–water partition coefficient (Wildman–Crippen LogP) is 0.283. The summed E-state index contributed by atoms with van der Waals surface area (Å²) in [6.07, 6.45) is 3.16. The summed E-state index contributed by atoms with van der Waals surface area (Å²) < 4.78 is 12.6. The van der Waals surface area contributed by atoms with Gasteiger partial charge in [0.05, 0.1) is 12.4 Å². The highest BCUT2D eigenvalue weighted by Crippen LogP contribution is 2.13. The van der Waals surface area contributed by atoms with Gasteiger partial charge in [-0.1, -0.05) is 0 Å². The van der Waals surface area contributed by atoms with Gasteiger partial charge in [0.2, 0.25) is 12.4 Å². The van der Waals surface area contributed by atoms with E-state index in [0.717, 1.165) is 18.8 Å². The zero-order valence-corrected chi connectivity index (χ0v) is 9.01. The Morgan fingerprint density at radius 3 is 2.69 bits per heavy atom. The maximum absolute atomic E-state index is 12.6. The monoisotopic (exact) mass is 224 g/mol. The quantitative estimate of drug-likeness (QED) is 0.677. The molecule has 2 heterocycles. The number of anilines is 1. The first-order valence-electron chi connectivity index (χ1n) is 5.14. The number of halogens is 1. The number of rotatable bonds is 2. The Labute approximate surface area is 92.9 Å². The van der Waals surface area contributed by atoms with Crippen LogP contribution in [0.4, 0.5) is 10.3 Å². The molecule has 0 radical (unpaired) electrons. The molecule has 86 valence electrons. The molecule has 1 aliphatic rings. The summed E-state index contributed by atoms with van der Waals surface area (Å²) in [4.78, 5) is 22.2. The molecular weight excluding hydrogens is 211 g/mol. The lowest BCUT2D eigenvalue weighted by Crippen LogP contribution is -2.51. The molecule has 1 aromatic rings. The molecule has 16 heavy (non-hydrogen) atoms. The first kappa shape index (κ1) is 10.8. The van der Waals surface area contributed by atoms with E-state index in [1.807, 2.05) is 11.8 Å². The average Bonchev–Trinajstić information content (AvgIpc) is 2.30. The van der Waals surface area contributed by atoms with Gasteiger partial charge in [-0.15, -0.1) is 0 Å². The molecule has 1 amide bonds. The highest BCUT2D eigenvalue weighted by Gasteiger charge is 2.23. The molecule has 0 aliphatic carbocycles. The summed E-state index contributed by atoms with van der Waals surface area (Å²) in [6.45, 7) is 3.95. The second kappa shape index (κ2) is 4.42. The minimum absolute atomic E-state index is 0.125. The third-order valence-corrected chi connectivity index (χ3v) is 2.70. The normalized spacial score (nSPS) is 21.0. The van der Waals surface area contributed by atoms with Gasteiger partial charge in [0.25, 0.3) is 0 Å². The van der Waals surface area contributed by atoms with Crippen LogP contribution in [-0.4, -0.2) is 47.0 Å². The van der Waals surface area contributed by atoms with Crippen LogP contribution >= 0.6 is 0 Å². The zero-order valence-electron chi connectivity index (χ0n) is 9.01. The lowest BCUT2D eigenvalue weighted by atomic mass is 10.2. The fourth-order valence-electron chi connectivity index (χ4n) is 1.78. The van der Waals surface area contributed by atoms with Gasteiger partial charge < -0.3 is 9.80 Å². The fraction of sp³-hybridized carbons (Fsp3) is 0.500. The number of amides is 1. The van der Waals surface area contributed by atoms with E-state index in [4.69, 9.17) is 0 Å². The lowest BCUT2D eigenvalue weighted by molar-refractivity contribution is -0.120. The Bertz CT molecular complexity index is 370. The van der Waals surface area contributed by atoms with Crippen LogP contribution in [0.3, 0.4) is 0 Å². The van der Waals surface area contributed by atoms with Gasteiger partial charge in [0, 0.05) is 25.7 Å². The molecule has 1 fully saturated rings. The second-order valence-corrected chi connectivity index (χ2v) is 3.84. The summed E-state index contributed by atoms with van der Waals surface area (Å²) in [5.74, 6) is 0.0714. The Hall–Kier alpha value is -1.72.